The molecule has 3 aromatic rings. The van der Waals surface area contributed by atoms with Crippen molar-refractivity contribution >= 4 is 39.3 Å². The number of aromatic nitrogens is 3. The first-order valence-electron chi connectivity index (χ1n) is 8.62. The third-order valence-corrected chi connectivity index (χ3v) is 5.48. The molecule has 0 radical (unpaired) electrons. The number of nitrogens with one attached hydrogen (secondary N) is 1. The van der Waals surface area contributed by atoms with Gasteiger partial charge >= 0.3 is 0 Å². The summed E-state index contributed by atoms with van der Waals surface area (Å²) in [5.74, 6) is -0.340. The topological polar surface area (TPSA) is 120 Å². The number of ether oxygens (including phenoxy) is 2. The molecule has 2 aromatic heterocycles. The minimum Gasteiger partial charge on any atom is -0.481 e. The van der Waals surface area contributed by atoms with Gasteiger partial charge in [-0.15, -0.1) is 0 Å². The molecule has 31 heavy (non-hydrogen) atoms. The molecule has 162 valence electrons. The van der Waals surface area contributed by atoms with E-state index >= 15 is 0 Å². The van der Waals surface area contributed by atoms with Crippen LogP contribution in [0.5, 0.6) is 11.8 Å². The van der Waals surface area contributed by atoms with Gasteiger partial charge in [0.2, 0.25) is 26.9 Å². The van der Waals surface area contributed by atoms with Gasteiger partial charge in [-0.2, -0.15) is 9.97 Å². The van der Waals surface area contributed by atoms with Crippen LogP contribution < -0.4 is 14.2 Å². The Morgan fingerprint density at radius 3 is 2.35 bits per heavy atom. The summed E-state index contributed by atoms with van der Waals surface area (Å²) in [4.78, 5) is 25.6. The summed E-state index contributed by atoms with van der Waals surface area (Å²) in [6.07, 6.45) is 2.39. The molecule has 0 fully saturated rings. The van der Waals surface area contributed by atoms with Gasteiger partial charge in [0, 0.05) is 11.2 Å². The number of pyridine rings is 1. The molecule has 0 saturated heterocycles. The molecule has 0 atom stereocenters. The lowest BCUT2D eigenvalue weighted by Gasteiger charge is -2.14. The summed E-state index contributed by atoms with van der Waals surface area (Å²) in [6, 6.07) is 9.91. The molecule has 9 nitrogen and oxygen atoms in total. The van der Waals surface area contributed by atoms with E-state index in [1.807, 2.05) is 4.72 Å². The number of benzene rings is 1. The van der Waals surface area contributed by atoms with Gasteiger partial charge in [-0.1, -0.05) is 23.7 Å². The second-order valence-corrected chi connectivity index (χ2v) is 9.23. The molecule has 0 aliphatic carbocycles. The van der Waals surface area contributed by atoms with Gasteiger partial charge < -0.3 is 9.47 Å². The van der Waals surface area contributed by atoms with Gasteiger partial charge in [-0.05, 0) is 41.1 Å². The molecule has 0 bridgehead atoms. The Morgan fingerprint density at radius 1 is 1.10 bits per heavy atom. The summed E-state index contributed by atoms with van der Waals surface area (Å²) in [7, 11) is -0.936. The van der Waals surface area contributed by atoms with Crippen LogP contribution in [0, 0.1) is 0 Å². The molecule has 3 rings (SSSR count). The van der Waals surface area contributed by atoms with Crippen LogP contribution >= 0.6 is 23.4 Å². The van der Waals surface area contributed by atoms with Gasteiger partial charge in [0.05, 0.1) is 32.1 Å². The minimum atomic E-state index is -3.82. The van der Waals surface area contributed by atoms with E-state index in [9.17, 15) is 13.2 Å². The smallest absolute Gasteiger partial charge is 0.268 e. The molecule has 0 aliphatic rings. The number of sulfonamides is 1. The number of methoxy groups -OCH3 is 2. The molecule has 12 heteroatoms. The van der Waals surface area contributed by atoms with Gasteiger partial charge in [0.1, 0.15) is 5.03 Å². The average molecular weight is 481 g/mol. The van der Waals surface area contributed by atoms with E-state index in [2.05, 4.69) is 15.0 Å². The molecular weight excluding hydrogens is 464 g/mol. The van der Waals surface area contributed by atoms with Crippen molar-refractivity contribution in [3.05, 3.63) is 53.2 Å². The van der Waals surface area contributed by atoms with Crippen molar-refractivity contribution in [1.82, 2.24) is 19.7 Å². The Kier molecular flexibility index (Phi) is 6.98. The molecule has 1 aromatic carbocycles. The molecule has 1 N–H and O–H groups in total. The highest BCUT2D eigenvalue weighted by molar-refractivity contribution is 7.99. The van der Waals surface area contributed by atoms with Gasteiger partial charge in [-0.3, -0.25) is 4.79 Å². The Hall–Kier alpha value is -2.89. The first-order valence-corrected chi connectivity index (χ1v) is 11.7. The highest BCUT2D eigenvalue weighted by Crippen LogP contribution is 2.35. The number of carbonyl (C=O) groups is 1. The monoisotopic (exact) mass is 480 g/mol. The number of rotatable bonds is 7. The summed E-state index contributed by atoms with van der Waals surface area (Å²) in [5, 5.41) is 0.841. The third-order valence-electron chi connectivity index (χ3n) is 3.82. The van der Waals surface area contributed by atoms with Crippen LogP contribution in [0.15, 0.2) is 52.8 Å². The number of amides is 1. The van der Waals surface area contributed by atoms with Crippen LogP contribution in [-0.4, -0.2) is 49.8 Å². The lowest BCUT2D eigenvalue weighted by Crippen LogP contribution is -2.30. The van der Waals surface area contributed by atoms with Crippen LogP contribution in [0.1, 0.15) is 10.4 Å². The van der Waals surface area contributed by atoms with E-state index in [0.717, 1.165) is 18.0 Å². The zero-order valence-electron chi connectivity index (χ0n) is 16.6. The molecule has 1 amide bonds. The van der Waals surface area contributed by atoms with Crippen molar-refractivity contribution in [3.8, 4) is 22.9 Å². The maximum atomic E-state index is 12.9. The maximum absolute atomic E-state index is 12.9. The largest absolute Gasteiger partial charge is 0.481 e. The highest BCUT2D eigenvalue weighted by atomic mass is 35.5. The maximum Gasteiger partial charge on any atom is 0.268 e. The minimum absolute atomic E-state index is 0.0329. The van der Waals surface area contributed by atoms with Crippen LogP contribution in [0.2, 0.25) is 5.02 Å². The highest BCUT2D eigenvalue weighted by Gasteiger charge is 2.23. The first-order chi connectivity index (χ1) is 14.7. The van der Waals surface area contributed by atoms with Crippen molar-refractivity contribution in [3.63, 3.8) is 0 Å². The number of halogens is 1. The lowest BCUT2D eigenvalue weighted by molar-refractivity contribution is 0.0979. The van der Waals surface area contributed by atoms with E-state index in [-0.39, 0.29) is 27.5 Å². The fourth-order valence-corrected chi connectivity index (χ4v) is 4.07. The Balaban J connectivity index is 2.16. The van der Waals surface area contributed by atoms with E-state index < -0.39 is 15.9 Å². The average Bonchev–Trinajstić information content (AvgIpc) is 2.72. The normalized spacial score (nSPS) is 11.1. The number of hydrogen-bond acceptors (Lipinski definition) is 9. The fraction of sp³-hybridized carbons (Fsp3) is 0.158. The van der Waals surface area contributed by atoms with Crippen molar-refractivity contribution in [1.29, 1.82) is 0 Å². The van der Waals surface area contributed by atoms with E-state index in [4.69, 9.17) is 21.1 Å². The first kappa shape index (κ1) is 22.8. The van der Waals surface area contributed by atoms with Crippen LogP contribution in [0.3, 0.4) is 0 Å². The number of carbonyl (C=O) groups excluding carboxylic acids is 1. The molecule has 0 saturated carbocycles. The number of nitrogens with zero attached hydrogens (tertiary/aromatic N) is 3. The SMILES string of the molecule is COc1cc(OC)nc(Sc2nccc(-c3cccc(Cl)c3)c2C(=O)NS(C)(=O)=O)n1. The summed E-state index contributed by atoms with van der Waals surface area (Å²) >= 11 is 7.06. The third kappa shape index (κ3) is 5.84. The fourth-order valence-electron chi connectivity index (χ4n) is 2.58. The van der Waals surface area contributed by atoms with Gasteiger partial charge in [0.25, 0.3) is 5.91 Å². The summed E-state index contributed by atoms with van der Waals surface area (Å²) in [6.45, 7) is 0. The van der Waals surface area contributed by atoms with Crippen molar-refractivity contribution < 1.29 is 22.7 Å². The quantitative estimate of drug-likeness (QED) is 0.508. The standard InChI is InChI=1S/C19H17ClN4O5S2/c1-28-14-10-15(29-2)23-19(22-14)30-18-16(17(25)24-31(3,26)27)13(7-8-21-18)11-5-4-6-12(20)9-11/h4-10H,1-3H3,(H,24,25). The van der Waals surface area contributed by atoms with E-state index in [0.29, 0.717) is 16.1 Å². The number of hydrogen-bond donors (Lipinski definition) is 1. The van der Waals surface area contributed by atoms with Crippen LogP contribution in [0.4, 0.5) is 0 Å². The second kappa shape index (κ2) is 9.50. The van der Waals surface area contributed by atoms with Gasteiger partial charge in [0.15, 0.2) is 0 Å². The lowest BCUT2D eigenvalue weighted by atomic mass is 10.0. The van der Waals surface area contributed by atoms with Crippen LogP contribution in [0.25, 0.3) is 11.1 Å². The van der Waals surface area contributed by atoms with E-state index in [1.165, 1.54) is 26.5 Å². The zero-order chi connectivity index (χ0) is 22.6. The van der Waals surface area contributed by atoms with Crippen molar-refractivity contribution in [2.45, 2.75) is 10.2 Å². The van der Waals surface area contributed by atoms with Crippen LogP contribution in [-0.2, 0) is 10.0 Å². The molecule has 0 unspecified atom stereocenters. The summed E-state index contributed by atoms with van der Waals surface area (Å²) < 4.78 is 35.7. The van der Waals surface area contributed by atoms with Gasteiger partial charge in [-0.25, -0.2) is 18.1 Å². The predicted octanol–water partition coefficient (Wildman–Crippen LogP) is 3.05. The molecule has 0 aliphatic heterocycles. The predicted molar refractivity (Wildman–Crippen MR) is 116 cm³/mol. The van der Waals surface area contributed by atoms with Crippen molar-refractivity contribution in [2.24, 2.45) is 0 Å². The molecule has 0 spiro atoms. The molecule has 2 heterocycles. The zero-order valence-corrected chi connectivity index (χ0v) is 19.0. The molecular formula is C19H17ClN4O5S2. The van der Waals surface area contributed by atoms with Crippen molar-refractivity contribution in [2.75, 3.05) is 20.5 Å². The summed E-state index contributed by atoms with van der Waals surface area (Å²) in [5.41, 5.74) is 1.08. The van der Waals surface area contributed by atoms with E-state index in [1.54, 1.807) is 30.3 Å². The Labute approximate surface area is 188 Å². The Morgan fingerprint density at radius 2 is 1.77 bits per heavy atom. The Bertz CT molecular complexity index is 1220. The second-order valence-electron chi connectivity index (χ2n) is 6.09.